The number of carbonyl (C=O) groups excluding carboxylic acids is 1. The molecule has 4 aromatic rings. The molecule has 1 saturated carbocycles. The average Bonchev–Trinajstić information content (AvgIpc) is 3.29. The highest BCUT2D eigenvalue weighted by atomic mass is 16.5. The maximum atomic E-state index is 13.1. The molecule has 1 N–H and O–H groups in total. The molecule has 1 aliphatic rings. The SMILES string of the molecule is COC(=O)c1cc(-c2oc3ccccc3c2C)nc2c(C)ccc(OC3CCC(C(C)=N/C=C\O)CC3)c12. The third-order valence-electron chi connectivity index (χ3n) is 7.51. The summed E-state index contributed by atoms with van der Waals surface area (Å²) in [6.45, 7) is 5.97. The Balaban J connectivity index is 1.53. The van der Waals surface area contributed by atoms with Gasteiger partial charge >= 0.3 is 5.97 Å². The van der Waals surface area contributed by atoms with E-state index in [9.17, 15) is 4.79 Å². The van der Waals surface area contributed by atoms with Gasteiger partial charge in [-0.2, -0.15) is 0 Å². The minimum absolute atomic E-state index is 0.0149. The quantitative estimate of drug-likeness (QED) is 0.163. The lowest BCUT2D eigenvalue weighted by Gasteiger charge is -2.29. The zero-order valence-corrected chi connectivity index (χ0v) is 22.2. The molecular weight excluding hydrogens is 480 g/mol. The van der Waals surface area contributed by atoms with Gasteiger partial charge in [-0.1, -0.05) is 24.3 Å². The van der Waals surface area contributed by atoms with Crippen LogP contribution in [-0.2, 0) is 4.74 Å². The van der Waals surface area contributed by atoms with E-state index in [-0.39, 0.29) is 6.10 Å². The maximum Gasteiger partial charge on any atom is 0.338 e. The number of benzene rings is 2. The summed E-state index contributed by atoms with van der Waals surface area (Å²) in [6.07, 6.45) is 6.01. The summed E-state index contributed by atoms with van der Waals surface area (Å²) in [5, 5.41) is 10.6. The average molecular weight is 513 g/mol. The third-order valence-corrected chi connectivity index (χ3v) is 7.51. The highest BCUT2D eigenvalue weighted by Crippen LogP contribution is 2.39. The van der Waals surface area contributed by atoms with Crippen LogP contribution < -0.4 is 4.74 Å². The van der Waals surface area contributed by atoms with E-state index in [4.69, 9.17) is 24.0 Å². The van der Waals surface area contributed by atoms with Crippen LogP contribution in [0, 0.1) is 19.8 Å². The van der Waals surface area contributed by atoms with Gasteiger partial charge in [0.05, 0.1) is 42.1 Å². The molecule has 0 bridgehead atoms. The number of esters is 1. The highest BCUT2D eigenvalue weighted by molar-refractivity contribution is 6.08. The van der Waals surface area contributed by atoms with Crippen LogP contribution in [0.4, 0.5) is 0 Å². The minimum Gasteiger partial charge on any atom is -0.514 e. The Morgan fingerprint density at radius 1 is 1.13 bits per heavy atom. The van der Waals surface area contributed by atoms with Crippen LogP contribution in [0.2, 0.25) is 0 Å². The van der Waals surface area contributed by atoms with E-state index in [2.05, 4.69) is 4.99 Å². The number of methoxy groups -OCH3 is 1. The Kier molecular flexibility index (Phi) is 7.18. The van der Waals surface area contributed by atoms with Crippen LogP contribution in [-0.4, -0.2) is 35.0 Å². The molecule has 0 atom stereocenters. The molecule has 5 rings (SSSR count). The van der Waals surface area contributed by atoms with Gasteiger partial charge in [-0.05, 0) is 76.1 Å². The maximum absolute atomic E-state index is 13.1. The molecule has 1 aliphatic carbocycles. The smallest absolute Gasteiger partial charge is 0.338 e. The molecule has 196 valence electrons. The summed E-state index contributed by atoms with van der Waals surface area (Å²) in [7, 11) is 1.38. The van der Waals surface area contributed by atoms with Crippen molar-refractivity contribution in [2.45, 2.75) is 52.6 Å². The number of aryl methyl sites for hydroxylation is 2. The highest BCUT2D eigenvalue weighted by Gasteiger charge is 2.27. The lowest BCUT2D eigenvalue weighted by molar-refractivity contribution is 0.0602. The van der Waals surface area contributed by atoms with E-state index in [1.807, 2.05) is 57.2 Å². The topological polar surface area (TPSA) is 94.2 Å². The largest absolute Gasteiger partial charge is 0.514 e. The fourth-order valence-electron chi connectivity index (χ4n) is 5.38. The van der Waals surface area contributed by atoms with Crippen LogP contribution in [0.1, 0.15) is 54.1 Å². The molecule has 0 unspecified atom stereocenters. The molecule has 7 nitrogen and oxygen atoms in total. The Hall–Kier alpha value is -4.13. The second kappa shape index (κ2) is 10.7. The van der Waals surface area contributed by atoms with Gasteiger partial charge < -0.3 is 19.0 Å². The number of furan rings is 1. The molecule has 0 saturated heterocycles. The standard InChI is InChI=1S/C31H32N2O5/c1-18-9-14-27(37-22-12-10-21(11-13-22)20(3)32-15-16-34)28-24(31(35)36-4)17-25(33-29(18)28)30-19(2)23-7-5-6-8-26(23)38-30/h5-9,14-17,21-22,34H,10-13H2,1-4H3/b16-15-,32-20?. The monoisotopic (exact) mass is 512 g/mol. The Morgan fingerprint density at radius 3 is 2.61 bits per heavy atom. The van der Waals surface area contributed by atoms with Crippen molar-refractivity contribution in [3.63, 3.8) is 0 Å². The van der Waals surface area contributed by atoms with E-state index >= 15 is 0 Å². The number of rotatable bonds is 6. The summed E-state index contributed by atoms with van der Waals surface area (Å²) in [4.78, 5) is 22.3. The third kappa shape index (κ3) is 4.76. The number of hydrogen-bond donors (Lipinski definition) is 1. The molecule has 2 aromatic carbocycles. The first kappa shape index (κ1) is 25.5. The van der Waals surface area contributed by atoms with Gasteiger partial charge in [0.1, 0.15) is 17.0 Å². The second-order valence-electron chi connectivity index (χ2n) is 9.86. The molecule has 0 amide bonds. The predicted molar refractivity (Wildman–Crippen MR) is 149 cm³/mol. The van der Waals surface area contributed by atoms with E-state index < -0.39 is 5.97 Å². The number of nitrogens with zero attached hydrogens (tertiary/aromatic N) is 2. The van der Waals surface area contributed by atoms with Crippen LogP contribution in [0.25, 0.3) is 33.3 Å². The summed E-state index contributed by atoms with van der Waals surface area (Å²) in [6, 6.07) is 13.5. The van der Waals surface area contributed by atoms with Crippen molar-refractivity contribution in [2.75, 3.05) is 7.11 Å². The predicted octanol–water partition coefficient (Wildman–Crippen LogP) is 7.48. The second-order valence-corrected chi connectivity index (χ2v) is 9.86. The summed E-state index contributed by atoms with van der Waals surface area (Å²) in [5.74, 6) is 1.18. The number of para-hydroxylation sites is 1. The Labute approximate surface area is 221 Å². The number of hydrogen-bond acceptors (Lipinski definition) is 7. The van der Waals surface area contributed by atoms with Gasteiger partial charge in [0.2, 0.25) is 0 Å². The first-order chi connectivity index (χ1) is 18.4. The van der Waals surface area contributed by atoms with Crippen molar-refractivity contribution >= 4 is 33.6 Å². The van der Waals surface area contributed by atoms with Crippen LogP contribution >= 0.6 is 0 Å². The molecule has 0 radical (unpaired) electrons. The normalized spacial score (nSPS) is 18.4. The summed E-state index contributed by atoms with van der Waals surface area (Å²) in [5.41, 5.74) is 5.36. The number of aliphatic imine (C=N–C) groups is 1. The summed E-state index contributed by atoms with van der Waals surface area (Å²) >= 11 is 0. The van der Waals surface area contributed by atoms with E-state index in [1.54, 1.807) is 6.07 Å². The van der Waals surface area contributed by atoms with Gasteiger partial charge in [0.15, 0.2) is 5.76 Å². The number of aromatic nitrogens is 1. The van der Waals surface area contributed by atoms with Gasteiger partial charge in [0.25, 0.3) is 0 Å². The number of aliphatic hydroxyl groups is 1. The van der Waals surface area contributed by atoms with Crippen LogP contribution in [0.3, 0.4) is 0 Å². The number of pyridine rings is 1. The van der Waals surface area contributed by atoms with Crippen molar-refractivity contribution in [3.05, 3.63) is 71.6 Å². The molecular formula is C31H32N2O5. The minimum atomic E-state index is -0.449. The molecule has 2 aromatic heterocycles. The Morgan fingerprint density at radius 2 is 1.89 bits per heavy atom. The number of carbonyl (C=O) groups is 1. The zero-order valence-electron chi connectivity index (χ0n) is 22.2. The van der Waals surface area contributed by atoms with Crippen LogP contribution in [0.15, 0.2) is 64.3 Å². The lowest BCUT2D eigenvalue weighted by atomic mass is 9.84. The number of aliphatic hydroxyl groups excluding tert-OH is 1. The van der Waals surface area contributed by atoms with Crippen LogP contribution in [0.5, 0.6) is 5.75 Å². The number of fused-ring (bicyclic) bond motifs is 2. The lowest BCUT2D eigenvalue weighted by Crippen LogP contribution is -2.27. The van der Waals surface area contributed by atoms with Crippen molar-refractivity contribution in [1.82, 2.24) is 4.98 Å². The van der Waals surface area contributed by atoms with Crippen molar-refractivity contribution < 1.29 is 23.8 Å². The fraction of sp³-hybridized carbons (Fsp3) is 0.323. The van der Waals surface area contributed by atoms with Gasteiger partial charge in [-0.15, -0.1) is 0 Å². The first-order valence-corrected chi connectivity index (χ1v) is 12.9. The first-order valence-electron chi connectivity index (χ1n) is 12.9. The van der Waals surface area contributed by atoms with Gasteiger partial charge in [0, 0.05) is 16.7 Å². The molecule has 1 fully saturated rings. The van der Waals surface area contributed by atoms with E-state index in [0.717, 1.165) is 59.8 Å². The molecule has 0 aliphatic heterocycles. The Bertz CT molecular complexity index is 1560. The fourth-order valence-corrected chi connectivity index (χ4v) is 5.38. The van der Waals surface area contributed by atoms with E-state index in [0.29, 0.717) is 39.6 Å². The molecule has 0 spiro atoms. The number of ether oxygens (including phenoxy) is 2. The van der Waals surface area contributed by atoms with Crippen molar-refractivity contribution in [2.24, 2.45) is 10.9 Å². The van der Waals surface area contributed by atoms with Crippen molar-refractivity contribution in [1.29, 1.82) is 0 Å². The van der Waals surface area contributed by atoms with E-state index in [1.165, 1.54) is 13.3 Å². The van der Waals surface area contributed by atoms with Crippen molar-refractivity contribution in [3.8, 4) is 17.2 Å². The van der Waals surface area contributed by atoms with Gasteiger partial charge in [-0.25, -0.2) is 9.78 Å². The van der Waals surface area contributed by atoms with Gasteiger partial charge in [-0.3, -0.25) is 4.99 Å². The molecule has 2 heterocycles. The molecule has 7 heteroatoms. The summed E-state index contributed by atoms with van der Waals surface area (Å²) < 4.78 is 17.9. The molecule has 38 heavy (non-hydrogen) atoms. The zero-order chi connectivity index (χ0) is 26.8.